The van der Waals surface area contributed by atoms with Gasteiger partial charge in [-0.05, 0) is 55.7 Å². The fourth-order valence-corrected chi connectivity index (χ4v) is 2.38. The molecule has 0 saturated carbocycles. The van der Waals surface area contributed by atoms with E-state index < -0.39 is 17.4 Å². The number of carbonyl (C=O) groups excluding carboxylic acids is 1. The Morgan fingerprint density at radius 2 is 1.73 bits per heavy atom. The average molecular weight is 351 g/mol. The number of benzene rings is 2. The van der Waals surface area contributed by atoms with Gasteiger partial charge in [0.1, 0.15) is 0 Å². The molecule has 0 atom stereocenters. The molecule has 6 nitrogen and oxygen atoms in total. The minimum absolute atomic E-state index is 0.0427. The van der Waals surface area contributed by atoms with Gasteiger partial charge in [-0.3, -0.25) is 4.79 Å². The summed E-state index contributed by atoms with van der Waals surface area (Å²) in [5.74, 6) is -0.857. The zero-order valence-corrected chi connectivity index (χ0v) is 14.7. The van der Waals surface area contributed by atoms with Gasteiger partial charge in [-0.2, -0.15) is 5.26 Å². The van der Waals surface area contributed by atoms with Crippen molar-refractivity contribution in [3.63, 3.8) is 0 Å². The number of nitriles is 1. The molecule has 0 aliphatic rings. The molecule has 0 unspecified atom stereocenters. The number of aliphatic carboxylic acids is 1. The van der Waals surface area contributed by atoms with E-state index in [0.29, 0.717) is 17.8 Å². The third-order valence-corrected chi connectivity index (χ3v) is 3.96. The predicted molar refractivity (Wildman–Crippen MR) is 100 cm³/mol. The Bertz CT molecular complexity index is 836. The van der Waals surface area contributed by atoms with Gasteiger partial charge in [-0.15, -0.1) is 0 Å². The van der Waals surface area contributed by atoms with Crippen molar-refractivity contribution in [3.05, 3.63) is 59.7 Å². The zero-order valence-electron chi connectivity index (χ0n) is 14.7. The van der Waals surface area contributed by atoms with Crippen molar-refractivity contribution in [1.82, 2.24) is 0 Å². The van der Waals surface area contributed by atoms with Gasteiger partial charge >= 0.3 is 12.0 Å². The molecule has 3 N–H and O–H groups in total. The van der Waals surface area contributed by atoms with E-state index in [-0.39, 0.29) is 6.42 Å². The molecule has 0 fully saturated rings. The van der Waals surface area contributed by atoms with Crippen LogP contribution in [0.3, 0.4) is 0 Å². The fraction of sp³-hybridized carbons (Fsp3) is 0.250. The highest BCUT2D eigenvalue weighted by molar-refractivity contribution is 5.99. The maximum absolute atomic E-state index is 12.1. The highest BCUT2D eigenvalue weighted by Gasteiger charge is 2.19. The molecule has 0 aliphatic carbocycles. The number of nitrogens with zero attached hydrogens (tertiary/aromatic N) is 1. The number of rotatable bonds is 6. The number of carbonyl (C=O) groups is 2. The number of urea groups is 1. The van der Waals surface area contributed by atoms with Gasteiger partial charge in [0, 0.05) is 17.8 Å². The predicted octanol–water partition coefficient (Wildman–Crippen LogP) is 4.15. The summed E-state index contributed by atoms with van der Waals surface area (Å²) in [6.07, 6.45) is 0.448. The number of anilines is 2. The van der Waals surface area contributed by atoms with Gasteiger partial charge < -0.3 is 15.7 Å². The Balaban J connectivity index is 1.97. The van der Waals surface area contributed by atoms with Crippen LogP contribution in [0.2, 0.25) is 0 Å². The summed E-state index contributed by atoms with van der Waals surface area (Å²) < 4.78 is 0. The molecule has 0 saturated heterocycles. The van der Waals surface area contributed by atoms with Gasteiger partial charge in [-0.25, -0.2) is 4.79 Å². The molecule has 2 aromatic carbocycles. The number of carboxylic acids is 1. The summed E-state index contributed by atoms with van der Waals surface area (Å²) in [4.78, 5) is 22.8. The summed E-state index contributed by atoms with van der Waals surface area (Å²) in [6, 6.07) is 16.0. The third kappa shape index (κ3) is 5.35. The molecule has 26 heavy (non-hydrogen) atoms. The van der Waals surface area contributed by atoms with Crippen LogP contribution in [0.25, 0.3) is 0 Å². The van der Waals surface area contributed by atoms with E-state index in [4.69, 9.17) is 10.4 Å². The van der Waals surface area contributed by atoms with Crippen LogP contribution >= 0.6 is 0 Å². The zero-order chi connectivity index (χ0) is 19.2. The van der Waals surface area contributed by atoms with Crippen molar-refractivity contribution in [2.45, 2.75) is 32.1 Å². The van der Waals surface area contributed by atoms with Gasteiger partial charge in [0.25, 0.3) is 0 Å². The molecule has 0 aliphatic heterocycles. The lowest BCUT2D eigenvalue weighted by atomic mass is 9.86. The minimum Gasteiger partial charge on any atom is -0.481 e. The van der Waals surface area contributed by atoms with Crippen LogP contribution in [-0.4, -0.2) is 17.1 Å². The Kier molecular flexibility index (Phi) is 5.97. The number of hydrogen-bond donors (Lipinski definition) is 3. The maximum atomic E-state index is 12.1. The van der Waals surface area contributed by atoms with Crippen LogP contribution in [-0.2, 0) is 16.6 Å². The average Bonchev–Trinajstić information content (AvgIpc) is 2.60. The lowest BCUT2D eigenvalue weighted by molar-refractivity contribution is -0.136. The van der Waals surface area contributed by atoms with Gasteiger partial charge in [0.05, 0.1) is 11.5 Å². The molecule has 2 aromatic rings. The first-order valence-corrected chi connectivity index (χ1v) is 8.21. The van der Waals surface area contributed by atoms with Crippen LogP contribution in [0.4, 0.5) is 16.2 Å². The first kappa shape index (κ1) is 19.0. The molecule has 0 heterocycles. The Morgan fingerprint density at radius 1 is 1.08 bits per heavy atom. The van der Waals surface area contributed by atoms with Gasteiger partial charge in [0.2, 0.25) is 0 Å². The standard InChI is InChI=1S/C20H21N3O3/c1-20(2,13-21)15-7-9-16(10-8-15)22-19(26)23-17-5-3-4-14(12-17)6-11-18(24)25/h3-5,7-10,12H,6,11H2,1-2H3,(H,24,25)(H2,22,23,26). The highest BCUT2D eigenvalue weighted by atomic mass is 16.4. The minimum atomic E-state index is -0.857. The van der Waals surface area contributed by atoms with E-state index in [1.54, 1.807) is 30.3 Å². The lowest BCUT2D eigenvalue weighted by Crippen LogP contribution is -2.20. The summed E-state index contributed by atoms with van der Waals surface area (Å²) in [5.41, 5.74) is 2.33. The molecule has 134 valence electrons. The largest absolute Gasteiger partial charge is 0.481 e. The Hall–Kier alpha value is -3.33. The normalized spacial score (nSPS) is 10.7. The van der Waals surface area contributed by atoms with Crippen LogP contribution in [0.5, 0.6) is 0 Å². The summed E-state index contributed by atoms with van der Waals surface area (Å²) in [7, 11) is 0. The monoisotopic (exact) mass is 351 g/mol. The molecule has 6 heteroatoms. The van der Waals surface area contributed by atoms with E-state index in [1.807, 2.05) is 32.0 Å². The number of carboxylic acid groups (broad SMARTS) is 1. The number of nitrogens with one attached hydrogen (secondary N) is 2. The van der Waals surface area contributed by atoms with E-state index >= 15 is 0 Å². The van der Waals surface area contributed by atoms with E-state index in [0.717, 1.165) is 11.1 Å². The Morgan fingerprint density at radius 3 is 2.35 bits per heavy atom. The van der Waals surface area contributed by atoms with Crippen molar-refractivity contribution in [2.75, 3.05) is 10.6 Å². The first-order chi connectivity index (χ1) is 12.3. The smallest absolute Gasteiger partial charge is 0.323 e. The Labute approximate surface area is 152 Å². The number of hydrogen-bond acceptors (Lipinski definition) is 3. The topological polar surface area (TPSA) is 102 Å². The molecule has 0 bridgehead atoms. The van der Waals surface area contributed by atoms with E-state index in [9.17, 15) is 9.59 Å². The summed E-state index contributed by atoms with van der Waals surface area (Å²) >= 11 is 0. The van der Waals surface area contributed by atoms with Crippen LogP contribution in [0.15, 0.2) is 48.5 Å². The molecule has 0 spiro atoms. The number of aryl methyl sites for hydroxylation is 1. The second-order valence-electron chi connectivity index (χ2n) is 6.49. The van der Waals surface area contributed by atoms with Crippen LogP contribution in [0.1, 0.15) is 31.4 Å². The molecule has 0 radical (unpaired) electrons. The second-order valence-corrected chi connectivity index (χ2v) is 6.49. The third-order valence-electron chi connectivity index (χ3n) is 3.96. The van der Waals surface area contributed by atoms with Gasteiger partial charge in [-0.1, -0.05) is 24.3 Å². The van der Waals surface area contributed by atoms with Crippen molar-refractivity contribution >= 4 is 23.4 Å². The fourth-order valence-electron chi connectivity index (χ4n) is 2.38. The molecule has 2 amide bonds. The van der Waals surface area contributed by atoms with Gasteiger partial charge in [0.15, 0.2) is 0 Å². The van der Waals surface area contributed by atoms with E-state index in [1.165, 1.54) is 0 Å². The van der Waals surface area contributed by atoms with Crippen LogP contribution in [0, 0.1) is 11.3 Å². The van der Waals surface area contributed by atoms with Crippen molar-refractivity contribution < 1.29 is 14.7 Å². The summed E-state index contributed by atoms with van der Waals surface area (Å²) in [5, 5.41) is 23.4. The van der Waals surface area contributed by atoms with Crippen LogP contribution < -0.4 is 10.6 Å². The van der Waals surface area contributed by atoms with E-state index in [2.05, 4.69) is 16.7 Å². The highest BCUT2D eigenvalue weighted by Crippen LogP contribution is 2.23. The number of amides is 2. The van der Waals surface area contributed by atoms with Crippen molar-refractivity contribution in [2.24, 2.45) is 0 Å². The SMILES string of the molecule is CC(C)(C#N)c1ccc(NC(=O)Nc2cccc(CCC(=O)O)c2)cc1. The molecular weight excluding hydrogens is 330 g/mol. The van der Waals surface area contributed by atoms with Crippen molar-refractivity contribution in [3.8, 4) is 6.07 Å². The molecular formula is C20H21N3O3. The quantitative estimate of drug-likeness (QED) is 0.727. The second kappa shape index (κ2) is 8.17. The molecule has 2 rings (SSSR count). The molecule has 0 aromatic heterocycles. The van der Waals surface area contributed by atoms with Crippen molar-refractivity contribution in [1.29, 1.82) is 5.26 Å². The lowest BCUT2D eigenvalue weighted by Gasteiger charge is -2.16. The maximum Gasteiger partial charge on any atom is 0.323 e. The summed E-state index contributed by atoms with van der Waals surface area (Å²) in [6.45, 7) is 3.67. The first-order valence-electron chi connectivity index (χ1n) is 8.21.